The zero-order valence-corrected chi connectivity index (χ0v) is 14.0. The molecule has 1 atom stereocenters. The summed E-state index contributed by atoms with van der Waals surface area (Å²) in [6.45, 7) is 1.96. The van der Waals surface area contributed by atoms with Crippen LogP contribution in [0.25, 0.3) is 0 Å². The molecule has 124 valence electrons. The molecule has 0 N–H and O–H groups in total. The zero-order chi connectivity index (χ0) is 16.7. The Morgan fingerprint density at radius 1 is 1.25 bits per heavy atom. The fourth-order valence-electron chi connectivity index (χ4n) is 3.64. The molecule has 1 spiro atoms. The minimum absolute atomic E-state index is 0.0256. The highest BCUT2D eigenvalue weighted by Crippen LogP contribution is 2.43. The van der Waals surface area contributed by atoms with Crippen LogP contribution in [0.1, 0.15) is 27.9 Å². The van der Waals surface area contributed by atoms with E-state index in [4.69, 9.17) is 4.74 Å². The van der Waals surface area contributed by atoms with Crippen molar-refractivity contribution in [2.24, 2.45) is 0 Å². The van der Waals surface area contributed by atoms with Crippen molar-refractivity contribution >= 4 is 11.7 Å². The van der Waals surface area contributed by atoms with E-state index in [2.05, 4.69) is 17.1 Å². The smallest absolute Gasteiger partial charge is 0.255 e. The summed E-state index contributed by atoms with van der Waals surface area (Å²) in [4.78, 5) is 20.9. The summed E-state index contributed by atoms with van der Waals surface area (Å²) in [5.74, 6) is 0.871. The molecule has 1 fully saturated rings. The third-order valence-corrected chi connectivity index (χ3v) is 4.98. The Balaban J connectivity index is 1.54. The number of anilines is 1. The maximum atomic E-state index is 12.8. The summed E-state index contributed by atoms with van der Waals surface area (Å²) >= 11 is 0. The number of aromatic nitrogens is 1. The molecule has 2 aliphatic heterocycles. The second-order valence-electron chi connectivity index (χ2n) is 6.72. The van der Waals surface area contributed by atoms with Crippen LogP contribution >= 0.6 is 0 Å². The molecule has 1 saturated heterocycles. The van der Waals surface area contributed by atoms with Crippen molar-refractivity contribution in [1.29, 1.82) is 0 Å². The number of likely N-dealkylation sites (tertiary alicyclic amines) is 1. The molecule has 1 amide bonds. The molecule has 3 heterocycles. The molecule has 2 aromatic rings. The van der Waals surface area contributed by atoms with Gasteiger partial charge in [-0.3, -0.25) is 4.79 Å². The number of benzene rings is 1. The van der Waals surface area contributed by atoms with Gasteiger partial charge in [-0.15, -0.1) is 0 Å². The lowest BCUT2D eigenvalue weighted by Crippen LogP contribution is -2.34. The molecule has 1 aromatic heterocycles. The standard InChI is InChI=1S/C19H21N3O2/c1-21(2)17-8-7-14(11-20-17)18(23)22-10-9-19(13-22)16-6-4-3-5-15(16)12-24-19/h3-8,11H,9-10,12-13H2,1-2H3/t19-/m1/s1. The number of pyridine rings is 1. The van der Waals surface area contributed by atoms with E-state index in [1.54, 1.807) is 6.20 Å². The van der Waals surface area contributed by atoms with Crippen LogP contribution in [-0.2, 0) is 16.9 Å². The van der Waals surface area contributed by atoms with Crippen LogP contribution in [0, 0.1) is 0 Å². The minimum Gasteiger partial charge on any atom is -0.364 e. The van der Waals surface area contributed by atoms with Gasteiger partial charge >= 0.3 is 0 Å². The van der Waals surface area contributed by atoms with E-state index < -0.39 is 0 Å². The molecule has 1 aromatic carbocycles. The monoisotopic (exact) mass is 323 g/mol. The fraction of sp³-hybridized carbons (Fsp3) is 0.368. The molecule has 5 heteroatoms. The number of nitrogens with zero attached hydrogens (tertiary/aromatic N) is 3. The van der Waals surface area contributed by atoms with Crippen molar-refractivity contribution in [2.75, 3.05) is 32.1 Å². The maximum Gasteiger partial charge on any atom is 0.255 e. The molecule has 2 aliphatic rings. The Labute approximate surface area is 141 Å². The third-order valence-electron chi connectivity index (χ3n) is 4.98. The first kappa shape index (κ1) is 15.1. The number of fused-ring (bicyclic) bond motifs is 2. The summed E-state index contributed by atoms with van der Waals surface area (Å²) in [7, 11) is 3.87. The number of amides is 1. The highest BCUT2D eigenvalue weighted by Gasteiger charge is 2.46. The van der Waals surface area contributed by atoms with Crippen LogP contribution in [0.4, 0.5) is 5.82 Å². The van der Waals surface area contributed by atoms with E-state index in [1.165, 1.54) is 11.1 Å². The first-order valence-electron chi connectivity index (χ1n) is 8.24. The Hall–Kier alpha value is -2.40. The molecular formula is C19H21N3O2. The zero-order valence-electron chi connectivity index (χ0n) is 14.0. The van der Waals surface area contributed by atoms with Gasteiger partial charge in [0.2, 0.25) is 0 Å². The van der Waals surface area contributed by atoms with Gasteiger partial charge in [-0.05, 0) is 29.7 Å². The number of carbonyl (C=O) groups is 1. The Morgan fingerprint density at radius 3 is 2.83 bits per heavy atom. The van der Waals surface area contributed by atoms with E-state index in [9.17, 15) is 4.79 Å². The summed E-state index contributed by atoms with van der Waals surface area (Å²) in [5, 5.41) is 0. The Kier molecular flexibility index (Phi) is 3.53. The van der Waals surface area contributed by atoms with Crippen LogP contribution in [0.5, 0.6) is 0 Å². The molecule has 4 rings (SSSR count). The van der Waals surface area contributed by atoms with Crippen molar-refractivity contribution < 1.29 is 9.53 Å². The maximum absolute atomic E-state index is 12.8. The molecule has 24 heavy (non-hydrogen) atoms. The van der Waals surface area contributed by atoms with Gasteiger partial charge in [-0.25, -0.2) is 4.98 Å². The molecule has 0 unspecified atom stereocenters. The van der Waals surface area contributed by atoms with Crippen molar-refractivity contribution in [3.05, 3.63) is 59.3 Å². The van der Waals surface area contributed by atoms with Crippen LogP contribution < -0.4 is 4.90 Å². The van der Waals surface area contributed by atoms with E-state index in [0.717, 1.165) is 12.2 Å². The van der Waals surface area contributed by atoms with Crippen LogP contribution in [0.3, 0.4) is 0 Å². The van der Waals surface area contributed by atoms with Gasteiger partial charge in [0.15, 0.2) is 0 Å². The topological polar surface area (TPSA) is 45.7 Å². The van der Waals surface area contributed by atoms with Crippen molar-refractivity contribution in [3.63, 3.8) is 0 Å². The van der Waals surface area contributed by atoms with E-state index in [-0.39, 0.29) is 11.5 Å². The van der Waals surface area contributed by atoms with Gasteiger partial charge in [0.25, 0.3) is 5.91 Å². The Bertz CT molecular complexity index is 772. The SMILES string of the molecule is CN(C)c1ccc(C(=O)N2CC[C@]3(C2)OCc2ccccc23)cn1. The number of hydrogen-bond donors (Lipinski definition) is 0. The summed E-state index contributed by atoms with van der Waals surface area (Å²) in [5.41, 5.74) is 2.78. The molecule has 0 radical (unpaired) electrons. The third kappa shape index (κ3) is 2.36. The van der Waals surface area contributed by atoms with Crippen molar-refractivity contribution in [3.8, 4) is 0 Å². The first-order valence-corrected chi connectivity index (χ1v) is 8.24. The lowest BCUT2D eigenvalue weighted by atomic mass is 9.92. The normalized spacial score (nSPS) is 22.0. The van der Waals surface area contributed by atoms with Crippen molar-refractivity contribution in [1.82, 2.24) is 9.88 Å². The van der Waals surface area contributed by atoms with Gasteiger partial charge in [0.1, 0.15) is 11.4 Å². The largest absolute Gasteiger partial charge is 0.364 e. The summed E-state index contributed by atoms with van der Waals surface area (Å²) < 4.78 is 6.12. The Morgan fingerprint density at radius 2 is 2.08 bits per heavy atom. The fourth-order valence-corrected chi connectivity index (χ4v) is 3.64. The molecule has 5 nitrogen and oxygen atoms in total. The highest BCUT2D eigenvalue weighted by atomic mass is 16.5. The minimum atomic E-state index is -0.330. The van der Waals surface area contributed by atoms with E-state index in [1.807, 2.05) is 48.2 Å². The van der Waals surface area contributed by atoms with Crippen molar-refractivity contribution in [2.45, 2.75) is 18.6 Å². The van der Waals surface area contributed by atoms with Gasteiger partial charge in [0, 0.05) is 26.8 Å². The summed E-state index contributed by atoms with van der Waals surface area (Å²) in [6.07, 6.45) is 2.51. The average Bonchev–Trinajstić information content (AvgIpc) is 3.20. The van der Waals surface area contributed by atoms with Gasteiger partial charge in [0.05, 0.1) is 18.7 Å². The second kappa shape index (κ2) is 5.60. The van der Waals surface area contributed by atoms with E-state index >= 15 is 0 Å². The highest BCUT2D eigenvalue weighted by molar-refractivity contribution is 5.94. The second-order valence-corrected chi connectivity index (χ2v) is 6.72. The molecule has 0 aliphatic carbocycles. The molecule has 0 bridgehead atoms. The van der Waals surface area contributed by atoms with Gasteiger partial charge < -0.3 is 14.5 Å². The number of ether oxygens (including phenoxy) is 1. The molecule has 0 saturated carbocycles. The number of carbonyl (C=O) groups excluding carboxylic acids is 1. The molecular weight excluding hydrogens is 302 g/mol. The van der Waals surface area contributed by atoms with Crippen LogP contribution in [-0.4, -0.2) is 43.0 Å². The number of hydrogen-bond acceptors (Lipinski definition) is 4. The first-order chi connectivity index (χ1) is 11.6. The van der Waals surface area contributed by atoms with Crippen LogP contribution in [0.15, 0.2) is 42.6 Å². The average molecular weight is 323 g/mol. The predicted molar refractivity (Wildman–Crippen MR) is 92.0 cm³/mol. The van der Waals surface area contributed by atoms with Crippen LogP contribution in [0.2, 0.25) is 0 Å². The van der Waals surface area contributed by atoms with Gasteiger partial charge in [-0.1, -0.05) is 24.3 Å². The quantitative estimate of drug-likeness (QED) is 0.851. The predicted octanol–water partition coefficient (Wildman–Crippen LogP) is 2.42. The lowest BCUT2D eigenvalue weighted by Gasteiger charge is -2.24. The number of rotatable bonds is 2. The van der Waals surface area contributed by atoms with Gasteiger partial charge in [-0.2, -0.15) is 0 Å². The lowest BCUT2D eigenvalue weighted by molar-refractivity contribution is -0.0283. The van der Waals surface area contributed by atoms with E-state index in [0.29, 0.717) is 25.3 Å². The summed E-state index contributed by atoms with van der Waals surface area (Å²) in [6, 6.07) is 12.0.